The van der Waals surface area contributed by atoms with Crippen LogP contribution in [-0.2, 0) is 4.79 Å². The summed E-state index contributed by atoms with van der Waals surface area (Å²) in [6.07, 6.45) is 1.04. The number of nitrogens with zero attached hydrogens (tertiary/aromatic N) is 3. The van der Waals surface area contributed by atoms with Crippen LogP contribution < -0.4 is 15.6 Å². The average Bonchev–Trinajstić information content (AvgIpc) is 3.13. The maximum atomic E-state index is 14.8. The Labute approximate surface area is 198 Å². The number of hydrogen-bond donors (Lipinski definition) is 2. The van der Waals surface area contributed by atoms with Gasteiger partial charge in [0.25, 0.3) is 5.91 Å². The second-order valence-corrected chi connectivity index (χ2v) is 9.46. The molecule has 2 aromatic heterocycles. The van der Waals surface area contributed by atoms with Crippen LogP contribution in [0.1, 0.15) is 37.6 Å². The molecule has 0 bridgehead atoms. The third-order valence-corrected chi connectivity index (χ3v) is 5.53. The van der Waals surface area contributed by atoms with Gasteiger partial charge >= 0.3 is 0 Å². The fourth-order valence-corrected chi connectivity index (χ4v) is 3.97. The number of nitrogens with one attached hydrogen (secondary N) is 1. The van der Waals surface area contributed by atoms with Crippen molar-refractivity contribution in [3.8, 4) is 5.69 Å². The van der Waals surface area contributed by atoms with Crippen LogP contribution in [0.4, 0.5) is 19.0 Å². The number of aliphatic hydroxyl groups is 1. The van der Waals surface area contributed by atoms with Gasteiger partial charge in [0.15, 0.2) is 17.3 Å². The summed E-state index contributed by atoms with van der Waals surface area (Å²) in [7, 11) is 0. The molecule has 35 heavy (non-hydrogen) atoms. The van der Waals surface area contributed by atoms with E-state index in [2.05, 4.69) is 10.3 Å². The predicted octanol–water partition coefficient (Wildman–Crippen LogP) is 2.68. The monoisotopic (exact) mass is 488 g/mol. The van der Waals surface area contributed by atoms with Crippen molar-refractivity contribution in [1.82, 2.24) is 14.9 Å². The van der Waals surface area contributed by atoms with E-state index in [1.54, 1.807) is 20.8 Å². The Hall–Kier alpha value is -3.73. The quantitative estimate of drug-likeness (QED) is 0.588. The minimum atomic E-state index is -1.28. The van der Waals surface area contributed by atoms with Gasteiger partial charge in [0.1, 0.15) is 22.9 Å². The van der Waals surface area contributed by atoms with Gasteiger partial charge in [-0.15, -0.1) is 0 Å². The zero-order valence-corrected chi connectivity index (χ0v) is 19.2. The number of carbonyl (C=O) groups excluding carboxylic acids is 2. The molecule has 1 saturated heterocycles. The first-order valence-electron chi connectivity index (χ1n) is 10.8. The van der Waals surface area contributed by atoms with Crippen LogP contribution in [-0.4, -0.2) is 45.2 Å². The maximum absolute atomic E-state index is 14.8. The molecular weight excluding hydrogens is 465 g/mol. The highest BCUT2D eigenvalue weighted by atomic mass is 19.1. The van der Waals surface area contributed by atoms with Crippen molar-refractivity contribution in [3.63, 3.8) is 0 Å². The number of rotatable bonds is 4. The number of halogens is 3. The smallest absolute Gasteiger partial charge is 0.257 e. The topological polar surface area (TPSA) is 105 Å². The molecule has 1 aliphatic rings. The highest BCUT2D eigenvalue weighted by Gasteiger charge is 2.32. The number of anilines is 1. The minimum absolute atomic E-state index is 0.0934. The van der Waals surface area contributed by atoms with Crippen LogP contribution >= 0.6 is 0 Å². The van der Waals surface area contributed by atoms with Gasteiger partial charge in [-0.2, -0.15) is 0 Å². The second-order valence-electron chi connectivity index (χ2n) is 9.46. The lowest BCUT2D eigenvalue weighted by molar-refractivity contribution is -0.117. The van der Waals surface area contributed by atoms with Crippen molar-refractivity contribution in [2.45, 2.75) is 32.7 Å². The van der Waals surface area contributed by atoms with Gasteiger partial charge in [0, 0.05) is 49.4 Å². The lowest BCUT2D eigenvalue weighted by Crippen LogP contribution is -2.42. The molecule has 1 aromatic carbocycles. The average molecular weight is 488 g/mol. The molecule has 8 nitrogen and oxygen atoms in total. The number of carbonyl (C=O) groups is 2. The number of hydrogen-bond acceptors (Lipinski definition) is 5. The molecule has 0 radical (unpaired) electrons. The van der Waals surface area contributed by atoms with E-state index in [1.165, 1.54) is 17.0 Å². The molecule has 0 spiro atoms. The zero-order chi connectivity index (χ0) is 25.7. The van der Waals surface area contributed by atoms with Crippen LogP contribution in [0.25, 0.3) is 16.7 Å². The van der Waals surface area contributed by atoms with Gasteiger partial charge in [0.2, 0.25) is 11.3 Å². The van der Waals surface area contributed by atoms with Gasteiger partial charge in [-0.05, 0) is 32.9 Å². The molecule has 11 heteroatoms. The van der Waals surface area contributed by atoms with E-state index in [1.807, 2.05) is 0 Å². The van der Waals surface area contributed by atoms with Crippen molar-refractivity contribution < 1.29 is 27.9 Å². The van der Waals surface area contributed by atoms with Crippen molar-refractivity contribution in [2.75, 3.05) is 18.1 Å². The van der Waals surface area contributed by atoms with Crippen LogP contribution in [0.2, 0.25) is 0 Å². The number of pyridine rings is 2. The number of benzene rings is 1. The lowest BCUT2D eigenvalue weighted by Gasteiger charge is -2.22. The van der Waals surface area contributed by atoms with Gasteiger partial charge in [-0.25, -0.2) is 18.2 Å². The maximum Gasteiger partial charge on any atom is 0.257 e. The van der Waals surface area contributed by atoms with Crippen LogP contribution in [0.5, 0.6) is 0 Å². The molecular formula is C24H23F3N4O4. The summed E-state index contributed by atoms with van der Waals surface area (Å²) in [4.78, 5) is 44.1. The Morgan fingerprint density at radius 1 is 1.17 bits per heavy atom. The van der Waals surface area contributed by atoms with Gasteiger partial charge in [-0.3, -0.25) is 23.9 Å². The fraction of sp³-hybridized carbons (Fsp3) is 0.333. The minimum Gasteiger partial charge on any atom is -0.396 e. The third-order valence-electron chi connectivity index (χ3n) is 5.53. The van der Waals surface area contributed by atoms with E-state index in [0.29, 0.717) is 12.1 Å². The van der Waals surface area contributed by atoms with E-state index in [-0.39, 0.29) is 48.2 Å². The first-order chi connectivity index (χ1) is 16.4. The highest BCUT2D eigenvalue weighted by molar-refractivity contribution is 5.99. The Bertz CT molecular complexity index is 1390. The summed E-state index contributed by atoms with van der Waals surface area (Å²) in [6, 6.07) is 3.63. The second kappa shape index (κ2) is 8.81. The molecule has 3 aromatic rings. The molecule has 1 fully saturated rings. The summed E-state index contributed by atoms with van der Waals surface area (Å²) in [5.41, 5.74) is -2.82. The predicted molar refractivity (Wildman–Crippen MR) is 122 cm³/mol. The number of amides is 2. The van der Waals surface area contributed by atoms with E-state index in [9.17, 15) is 32.7 Å². The van der Waals surface area contributed by atoms with E-state index in [4.69, 9.17) is 0 Å². The largest absolute Gasteiger partial charge is 0.396 e. The first-order valence-corrected chi connectivity index (χ1v) is 10.8. The standard InChI is InChI=1S/C24H23F3N4O4/c1-24(2,3)29-23(35)15-10-31(20-16(26)7-13(25)8-17(20)27)22-14(21(15)34)4-5-18(28-22)30-9-12(11-32)6-19(30)33/h4-5,7-8,10,12,32H,6,9,11H2,1-3H3,(H,29,35). The first kappa shape index (κ1) is 24.4. The normalized spacial score (nSPS) is 16.3. The Balaban J connectivity index is 1.99. The van der Waals surface area contributed by atoms with E-state index >= 15 is 0 Å². The zero-order valence-electron chi connectivity index (χ0n) is 19.2. The molecule has 4 rings (SSSR count). The molecule has 184 valence electrons. The molecule has 2 N–H and O–H groups in total. The van der Waals surface area contributed by atoms with Crippen LogP contribution in [0.3, 0.4) is 0 Å². The van der Waals surface area contributed by atoms with Crippen molar-refractivity contribution in [3.05, 3.63) is 63.7 Å². The van der Waals surface area contributed by atoms with Crippen LogP contribution in [0.15, 0.2) is 35.3 Å². The Kier molecular flexibility index (Phi) is 6.14. The molecule has 3 heterocycles. The Morgan fingerprint density at radius 3 is 2.40 bits per heavy atom. The molecule has 0 saturated carbocycles. The van der Waals surface area contributed by atoms with Crippen molar-refractivity contribution in [1.29, 1.82) is 0 Å². The summed E-state index contributed by atoms with van der Waals surface area (Å²) in [5, 5.41) is 11.9. The number of fused-ring (bicyclic) bond motifs is 1. The number of aliphatic hydroxyl groups excluding tert-OH is 1. The van der Waals surface area contributed by atoms with Gasteiger partial charge in [0.05, 0.1) is 5.39 Å². The van der Waals surface area contributed by atoms with Crippen molar-refractivity contribution >= 4 is 28.7 Å². The van der Waals surface area contributed by atoms with E-state index < -0.39 is 45.6 Å². The Morgan fingerprint density at radius 2 is 1.83 bits per heavy atom. The molecule has 1 aliphatic heterocycles. The van der Waals surface area contributed by atoms with E-state index in [0.717, 1.165) is 10.8 Å². The van der Waals surface area contributed by atoms with Gasteiger partial charge < -0.3 is 10.4 Å². The number of aromatic nitrogens is 2. The summed E-state index contributed by atoms with van der Waals surface area (Å²) in [5.74, 6) is -5.00. The molecule has 2 amide bonds. The molecule has 1 unspecified atom stereocenters. The summed E-state index contributed by atoms with van der Waals surface area (Å²) < 4.78 is 44.0. The highest BCUT2D eigenvalue weighted by Crippen LogP contribution is 2.28. The summed E-state index contributed by atoms with van der Waals surface area (Å²) in [6.45, 7) is 5.06. The van der Waals surface area contributed by atoms with Gasteiger partial charge in [-0.1, -0.05) is 0 Å². The fourth-order valence-electron chi connectivity index (χ4n) is 3.97. The molecule has 0 aliphatic carbocycles. The third kappa shape index (κ3) is 4.63. The SMILES string of the molecule is CC(C)(C)NC(=O)c1cn(-c2c(F)cc(F)cc2F)c2nc(N3CC(CO)CC3=O)ccc2c1=O. The lowest BCUT2D eigenvalue weighted by atomic mass is 10.1. The summed E-state index contributed by atoms with van der Waals surface area (Å²) >= 11 is 0. The molecule has 1 atom stereocenters. The van der Waals surface area contributed by atoms with Crippen LogP contribution in [0, 0.1) is 23.4 Å². The van der Waals surface area contributed by atoms with Crippen molar-refractivity contribution in [2.24, 2.45) is 5.92 Å².